The number of methoxy groups -OCH3 is 1. The summed E-state index contributed by atoms with van der Waals surface area (Å²) in [4.78, 5) is 0. The van der Waals surface area contributed by atoms with Crippen molar-refractivity contribution in [1.29, 1.82) is 0 Å². The molecule has 2 aliphatic heterocycles. The Labute approximate surface area is 154 Å². The second-order valence-corrected chi connectivity index (χ2v) is 5.94. The van der Waals surface area contributed by atoms with Crippen molar-refractivity contribution in [2.45, 2.75) is 25.9 Å². The molecule has 3 N–H and O–H groups in total. The minimum absolute atomic E-state index is 0. The maximum atomic E-state index is 9.17. The van der Waals surface area contributed by atoms with Gasteiger partial charge in [0, 0.05) is 13.1 Å². The van der Waals surface area contributed by atoms with E-state index in [1.807, 2.05) is 18.2 Å². The highest BCUT2D eigenvalue weighted by atomic mass is 79.9. The molecule has 0 radical (unpaired) electrons. The number of hydrogen-bond donors (Lipinski definition) is 3. The average molecular weight is 393 g/mol. The number of benzene rings is 2. The molecule has 0 aliphatic carbocycles. The Bertz CT molecular complexity index is 676. The minimum atomic E-state index is 0. The Balaban J connectivity index is 0.000000167. The minimum Gasteiger partial charge on any atom is -0.508 e. The van der Waals surface area contributed by atoms with E-state index in [0.29, 0.717) is 5.75 Å². The summed E-state index contributed by atoms with van der Waals surface area (Å²) >= 11 is 0. The van der Waals surface area contributed by atoms with Crippen LogP contribution in [0, 0.1) is 0 Å². The predicted octanol–water partition coefficient (Wildman–Crippen LogP) is 2.96. The Hall–Kier alpha value is -1.56. The van der Waals surface area contributed by atoms with Gasteiger partial charge in [0.25, 0.3) is 0 Å². The molecule has 0 bridgehead atoms. The van der Waals surface area contributed by atoms with Crippen molar-refractivity contribution in [3.63, 3.8) is 0 Å². The van der Waals surface area contributed by atoms with E-state index in [0.717, 1.165) is 44.8 Å². The molecule has 0 atom stereocenters. The van der Waals surface area contributed by atoms with Crippen LogP contribution in [0.5, 0.6) is 11.5 Å². The molecule has 2 heterocycles. The summed E-state index contributed by atoms with van der Waals surface area (Å²) in [6, 6.07) is 11.9. The standard InChI is InChI=1S/C10H13NO.C9H11NO.BrH/c1-12-10-3-2-9-7-11-5-4-8(9)6-10;11-9-2-1-8-6-10-4-3-7(8)5-9;/h2-3,6,11H,4-5,7H2,1H3;1-2,5,10-11H,3-4,6H2;1H. The molecule has 0 saturated carbocycles. The SMILES string of the molecule is Br.COc1ccc2c(c1)CCNC2.Oc1ccc2c(c1)CCNC2. The van der Waals surface area contributed by atoms with E-state index in [4.69, 9.17) is 9.84 Å². The van der Waals surface area contributed by atoms with Gasteiger partial charge in [0.1, 0.15) is 11.5 Å². The summed E-state index contributed by atoms with van der Waals surface area (Å²) in [5, 5.41) is 15.8. The van der Waals surface area contributed by atoms with Gasteiger partial charge in [0.2, 0.25) is 0 Å². The molecule has 2 aromatic carbocycles. The van der Waals surface area contributed by atoms with Gasteiger partial charge >= 0.3 is 0 Å². The summed E-state index contributed by atoms with van der Waals surface area (Å²) < 4.78 is 5.16. The number of fused-ring (bicyclic) bond motifs is 2. The van der Waals surface area contributed by atoms with Crippen molar-refractivity contribution in [2.24, 2.45) is 0 Å². The smallest absolute Gasteiger partial charge is 0.119 e. The first kappa shape index (κ1) is 18.8. The third-order valence-corrected chi connectivity index (χ3v) is 4.38. The largest absolute Gasteiger partial charge is 0.508 e. The molecule has 5 heteroatoms. The van der Waals surface area contributed by atoms with Gasteiger partial charge in [-0.05, 0) is 72.5 Å². The summed E-state index contributed by atoms with van der Waals surface area (Å²) in [6.45, 7) is 4.05. The van der Waals surface area contributed by atoms with Gasteiger partial charge in [-0.2, -0.15) is 0 Å². The van der Waals surface area contributed by atoms with Crippen molar-refractivity contribution in [3.8, 4) is 11.5 Å². The van der Waals surface area contributed by atoms with E-state index >= 15 is 0 Å². The van der Waals surface area contributed by atoms with Crippen molar-refractivity contribution < 1.29 is 9.84 Å². The molecule has 0 aromatic heterocycles. The lowest BCUT2D eigenvalue weighted by Crippen LogP contribution is -2.23. The summed E-state index contributed by atoms with van der Waals surface area (Å²) in [5.74, 6) is 1.35. The zero-order valence-corrected chi connectivity index (χ0v) is 15.7. The molecule has 0 fully saturated rings. The third kappa shape index (κ3) is 4.72. The van der Waals surface area contributed by atoms with Crippen LogP contribution < -0.4 is 15.4 Å². The highest BCUT2D eigenvalue weighted by molar-refractivity contribution is 8.93. The number of rotatable bonds is 1. The van der Waals surface area contributed by atoms with E-state index < -0.39 is 0 Å². The fourth-order valence-corrected chi connectivity index (χ4v) is 3.04. The first-order valence-corrected chi connectivity index (χ1v) is 8.14. The van der Waals surface area contributed by atoms with Crippen LogP contribution in [0.15, 0.2) is 36.4 Å². The first-order valence-electron chi connectivity index (χ1n) is 8.14. The second-order valence-electron chi connectivity index (χ2n) is 5.94. The fourth-order valence-electron chi connectivity index (χ4n) is 3.04. The van der Waals surface area contributed by atoms with Crippen LogP contribution in [-0.4, -0.2) is 25.3 Å². The van der Waals surface area contributed by atoms with Crippen LogP contribution >= 0.6 is 17.0 Å². The Morgan fingerprint density at radius 1 is 0.833 bits per heavy atom. The highest BCUT2D eigenvalue weighted by Crippen LogP contribution is 2.20. The van der Waals surface area contributed by atoms with Gasteiger partial charge in [-0.15, -0.1) is 17.0 Å². The lowest BCUT2D eigenvalue weighted by molar-refractivity contribution is 0.413. The molecule has 4 rings (SSSR count). The Kier molecular flexibility index (Phi) is 7.09. The highest BCUT2D eigenvalue weighted by Gasteiger charge is 2.08. The molecule has 0 amide bonds. The number of ether oxygens (including phenoxy) is 1. The Morgan fingerprint density at radius 3 is 2.04 bits per heavy atom. The molecule has 0 saturated heterocycles. The number of halogens is 1. The van der Waals surface area contributed by atoms with Gasteiger partial charge in [-0.25, -0.2) is 0 Å². The molecule has 130 valence electrons. The number of nitrogens with one attached hydrogen (secondary N) is 2. The molecule has 24 heavy (non-hydrogen) atoms. The van der Waals surface area contributed by atoms with Crippen LogP contribution in [0.3, 0.4) is 0 Å². The normalized spacial score (nSPS) is 15.0. The van der Waals surface area contributed by atoms with Crippen LogP contribution in [0.4, 0.5) is 0 Å². The van der Waals surface area contributed by atoms with E-state index in [2.05, 4.69) is 22.8 Å². The van der Waals surface area contributed by atoms with Gasteiger partial charge in [-0.3, -0.25) is 0 Å². The summed E-state index contributed by atoms with van der Waals surface area (Å²) in [5.41, 5.74) is 5.42. The topological polar surface area (TPSA) is 53.5 Å². The molecular formula is C19H25BrN2O2. The lowest BCUT2D eigenvalue weighted by Gasteiger charge is -2.17. The first-order chi connectivity index (χ1) is 11.3. The molecular weight excluding hydrogens is 368 g/mol. The molecule has 0 unspecified atom stereocenters. The van der Waals surface area contributed by atoms with Gasteiger partial charge < -0.3 is 20.5 Å². The molecule has 2 aliphatic rings. The van der Waals surface area contributed by atoms with E-state index in [1.54, 1.807) is 13.2 Å². The average Bonchev–Trinajstić information content (AvgIpc) is 2.61. The maximum Gasteiger partial charge on any atom is 0.119 e. The van der Waals surface area contributed by atoms with Gasteiger partial charge in [0.15, 0.2) is 0 Å². The van der Waals surface area contributed by atoms with Crippen molar-refractivity contribution in [3.05, 3.63) is 58.7 Å². The zero-order chi connectivity index (χ0) is 16.1. The quantitative estimate of drug-likeness (QED) is 0.698. The van der Waals surface area contributed by atoms with E-state index in [9.17, 15) is 0 Å². The number of phenolic OH excluding ortho intramolecular Hbond substituents is 1. The third-order valence-electron chi connectivity index (χ3n) is 4.38. The monoisotopic (exact) mass is 392 g/mol. The summed E-state index contributed by atoms with van der Waals surface area (Å²) in [7, 11) is 1.71. The molecule has 4 nitrogen and oxygen atoms in total. The van der Waals surface area contributed by atoms with Gasteiger partial charge in [0.05, 0.1) is 7.11 Å². The predicted molar refractivity (Wildman–Crippen MR) is 102 cm³/mol. The lowest BCUT2D eigenvalue weighted by atomic mass is 10.0. The molecule has 0 spiro atoms. The fraction of sp³-hybridized carbons (Fsp3) is 0.368. The van der Waals surface area contributed by atoms with Crippen molar-refractivity contribution in [2.75, 3.05) is 20.2 Å². The molecule has 2 aromatic rings. The maximum absolute atomic E-state index is 9.17. The van der Waals surface area contributed by atoms with Crippen LogP contribution in [0.1, 0.15) is 22.3 Å². The number of hydrogen-bond acceptors (Lipinski definition) is 4. The Morgan fingerprint density at radius 2 is 1.42 bits per heavy atom. The van der Waals surface area contributed by atoms with Crippen LogP contribution in [0.2, 0.25) is 0 Å². The van der Waals surface area contributed by atoms with Crippen LogP contribution in [0.25, 0.3) is 0 Å². The second kappa shape index (κ2) is 9.06. The van der Waals surface area contributed by atoms with E-state index in [1.165, 1.54) is 22.3 Å². The van der Waals surface area contributed by atoms with Gasteiger partial charge in [-0.1, -0.05) is 12.1 Å². The number of phenols is 1. The van der Waals surface area contributed by atoms with Crippen LogP contribution in [-0.2, 0) is 25.9 Å². The van der Waals surface area contributed by atoms with Crippen molar-refractivity contribution in [1.82, 2.24) is 10.6 Å². The number of aromatic hydroxyl groups is 1. The zero-order valence-electron chi connectivity index (χ0n) is 14.0. The van der Waals surface area contributed by atoms with E-state index in [-0.39, 0.29) is 17.0 Å². The van der Waals surface area contributed by atoms with Crippen molar-refractivity contribution >= 4 is 17.0 Å². The summed E-state index contributed by atoms with van der Waals surface area (Å²) in [6.07, 6.45) is 2.15.